The van der Waals surface area contributed by atoms with Gasteiger partial charge >= 0.3 is 0 Å². The first-order valence-corrected chi connectivity index (χ1v) is 11.2. The van der Waals surface area contributed by atoms with E-state index >= 15 is 0 Å². The molecule has 2 heterocycles. The SMILES string of the molecule is O=C(NCCN1C(=O)S/C(=C\c2ccccc2F)C1=O)c1cnn(Cc2ccccc2Cl)c1. The summed E-state index contributed by atoms with van der Waals surface area (Å²) < 4.78 is 15.4. The molecule has 1 fully saturated rings. The molecule has 0 aliphatic carbocycles. The highest BCUT2D eigenvalue weighted by molar-refractivity contribution is 8.18. The van der Waals surface area contributed by atoms with E-state index in [2.05, 4.69) is 10.4 Å². The van der Waals surface area contributed by atoms with E-state index in [0.717, 1.165) is 22.2 Å². The zero-order valence-corrected chi connectivity index (χ0v) is 18.8. The number of rotatable bonds is 7. The monoisotopic (exact) mass is 484 g/mol. The summed E-state index contributed by atoms with van der Waals surface area (Å²) in [6.07, 6.45) is 4.38. The zero-order chi connectivity index (χ0) is 23.4. The molecule has 0 spiro atoms. The van der Waals surface area contributed by atoms with Gasteiger partial charge in [-0.3, -0.25) is 24.0 Å². The number of hydrogen-bond acceptors (Lipinski definition) is 5. The van der Waals surface area contributed by atoms with Crippen molar-refractivity contribution in [2.24, 2.45) is 0 Å². The largest absolute Gasteiger partial charge is 0.350 e. The number of carbonyl (C=O) groups is 3. The molecule has 3 aromatic rings. The summed E-state index contributed by atoms with van der Waals surface area (Å²) in [5.74, 6) is -1.38. The molecule has 10 heteroatoms. The third-order valence-corrected chi connectivity index (χ3v) is 6.15. The Balaban J connectivity index is 1.32. The van der Waals surface area contributed by atoms with Gasteiger partial charge in [0.25, 0.3) is 17.1 Å². The molecule has 0 unspecified atom stereocenters. The van der Waals surface area contributed by atoms with E-state index in [-0.39, 0.29) is 29.5 Å². The molecule has 1 N–H and O–H groups in total. The van der Waals surface area contributed by atoms with Gasteiger partial charge in [0.15, 0.2) is 0 Å². The van der Waals surface area contributed by atoms with E-state index in [1.165, 1.54) is 24.4 Å². The van der Waals surface area contributed by atoms with Crippen molar-refractivity contribution in [3.8, 4) is 0 Å². The van der Waals surface area contributed by atoms with Crippen LogP contribution in [0.2, 0.25) is 5.02 Å². The van der Waals surface area contributed by atoms with E-state index in [0.29, 0.717) is 17.1 Å². The predicted octanol–water partition coefficient (Wildman–Crippen LogP) is 4.19. The van der Waals surface area contributed by atoms with Crippen molar-refractivity contribution in [3.05, 3.63) is 93.4 Å². The fourth-order valence-corrected chi connectivity index (χ4v) is 4.23. The summed E-state index contributed by atoms with van der Waals surface area (Å²) >= 11 is 6.90. The highest BCUT2D eigenvalue weighted by atomic mass is 35.5. The molecule has 0 radical (unpaired) electrons. The standard InChI is InChI=1S/C23H18ClFN4O3S/c24-18-7-3-1-6-16(18)13-28-14-17(12-27-28)21(30)26-9-10-29-22(31)20(33-23(29)32)11-15-5-2-4-8-19(15)25/h1-8,11-12,14H,9-10,13H2,(H,26,30)/b20-11-. The van der Waals surface area contributed by atoms with Gasteiger partial charge in [0, 0.05) is 29.9 Å². The number of nitrogens with one attached hydrogen (secondary N) is 1. The van der Waals surface area contributed by atoms with Gasteiger partial charge < -0.3 is 5.32 Å². The third kappa shape index (κ3) is 5.32. The Kier molecular flexibility index (Phi) is 6.90. The van der Waals surface area contributed by atoms with E-state index < -0.39 is 17.0 Å². The van der Waals surface area contributed by atoms with Crippen molar-refractivity contribution < 1.29 is 18.8 Å². The Hall–Kier alpha value is -3.43. The van der Waals surface area contributed by atoms with E-state index in [1.807, 2.05) is 18.2 Å². The summed E-state index contributed by atoms with van der Waals surface area (Å²) in [7, 11) is 0. The van der Waals surface area contributed by atoms with Crippen LogP contribution in [0.4, 0.5) is 9.18 Å². The van der Waals surface area contributed by atoms with Crippen molar-refractivity contribution in [1.82, 2.24) is 20.0 Å². The van der Waals surface area contributed by atoms with Gasteiger partial charge in [-0.25, -0.2) is 4.39 Å². The fraction of sp³-hybridized carbons (Fsp3) is 0.130. The number of hydrogen-bond donors (Lipinski definition) is 1. The molecule has 3 amide bonds. The molecule has 1 saturated heterocycles. The highest BCUT2D eigenvalue weighted by Crippen LogP contribution is 2.32. The van der Waals surface area contributed by atoms with Crippen LogP contribution in [0.25, 0.3) is 6.08 Å². The van der Waals surface area contributed by atoms with Gasteiger partial charge in [-0.2, -0.15) is 5.10 Å². The smallest absolute Gasteiger partial charge is 0.293 e. The Labute approximate surface area is 198 Å². The summed E-state index contributed by atoms with van der Waals surface area (Å²) in [5.41, 5.74) is 1.44. The quantitative estimate of drug-likeness (QED) is 0.508. The molecular formula is C23H18ClFN4O3S. The van der Waals surface area contributed by atoms with Crippen molar-refractivity contribution in [2.75, 3.05) is 13.1 Å². The number of aromatic nitrogens is 2. The average molecular weight is 485 g/mol. The molecule has 168 valence electrons. The number of benzene rings is 2. The first-order chi connectivity index (χ1) is 15.9. The van der Waals surface area contributed by atoms with Gasteiger partial charge in [0.2, 0.25) is 0 Å². The lowest BCUT2D eigenvalue weighted by Gasteiger charge is -2.12. The summed E-state index contributed by atoms with van der Waals surface area (Å²) in [4.78, 5) is 38.3. The average Bonchev–Trinajstić information content (AvgIpc) is 3.37. The Morgan fingerprint density at radius 1 is 1.15 bits per heavy atom. The minimum Gasteiger partial charge on any atom is -0.350 e. The maximum atomic E-state index is 13.8. The minimum absolute atomic E-state index is 0.00121. The molecule has 1 aliphatic rings. The summed E-state index contributed by atoms with van der Waals surface area (Å²) in [6.45, 7) is 0.483. The van der Waals surface area contributed by atoms with Gasteiger partial charge in [0.1, 0.15) is 5.82 Å². The fourth-order valence-electron chi connectivity index (χ4n) is 3.18. The lowest BCUT2D eigenvalue weighted by atomic mass is 10.2. The number of thioether (sulfide) groups is 1. The molecular weight excluding hydrogens is 467 g/mol. The maximum absolute atomic E-state index is 13.8. The molecule has 2 aromatic carbocycles. The molecule has 0 bridgehead atoms. The second kappa shape index (κ2) is 10.0. The number of halogens is 2. The number of carbonyl (C=O) groups excluding carboxylic acids is 3. The van der Waals surface area contributed by atoms with Crippen LogP contribution in [0.5, 0.6) is 0 Å². The first-order valence-electron chi connectivity index (χ1n) is 9.96. The molecule has 7 nitrogen and oxygen atoms in total. The van der Waals surface area contributed by atoms with Crippen LogP contribution >= 0.6 is 23.4 Å². The van der Waals surface area contributed by atoms with Crippen molar-refractivity contribution >= 4 is 46.5 Å². The van der Waals surface area contributed by atoms with Crippen LogP contribution in [-0.4, -0.2) is 44.8 Å². The van der Waals surface area contributed by atoms with Crippen molar-refractivity contribution in [2.45, 2.75) is 6.54 Å². The molecule has 0 atom stereocenters. The normalized spacial score (nSPS) is 14.8. The maximum Gasteiger partial charge on any atom is 0.293 e. The van der Waals surface area contributed by atoms with Gasteiger partial charge in [0.05, 0.1) is 23.2 Å². The molecule has 4 rings (SSSR count). The zero-order valence-electron chi connectivity index (χ0n) is 17.2. The van der Waals surface area contributed by atoms with Crippen molar-refractivity contribution in [1.29, 1.82) is 0 Å². The van der Waals surface area contributed by atoms with Crippen LogP contribution in [0, 0.1) is 5.82 Å². The van der Waals surface area contributed by atoms with Crippen LogP contribution in [-0.2, 0) is 11.3 Å². The highest BCUT2D eigenvalue weighted by Gasteiger charge is 2.34. The molecule has 0 saturated carbocycles. The van der Waals surface area contributed by atoms with E-state index in [1.54, 1.807) is 29.1 Å². The lowest BCUT2D eigenvalue weighted by Crippen LogP contribution is -2.37. The Bertz CT molecular complexity index is 1260. The minimum atomic E-state index is -0.518. The summed E-state index contributed by atoms with van der Waals surface area (Å²) in [6, 6.07) is 13.4. The topological polar surface area (TPSA) is 84.3 Å². The molecule has 33 heavy (non-hydrogen) atoms. The molecule has 1 aromatic heterocycles. The van der Waals surface area contributed by atoms with Crippen LogP contribution in [0.3, 0.4) is 0 Å². The Morgan fingerprint density at radius 2 is 1.91 bits per heavy atom. The van der Waals surface area contributed by atoms with Crippen LogP contribution in [0.15, 0.2) is 65.8 Å². The van der Waals surface area contributed by atoms with Gasteiger partial charge in [-0.05, 0) is 35.5 Å². The molecule has 1 aliphatic heterocycles. The predicted molar refractivity (Wildman–Crippen MR) is 124 cm³/mol. The van der Waals surface area contributed by atoms with Crippen molar-refractivity contribution in [3.63, 3.8) is 0 Å². The van der Waals surface area contributed by atoms with Crippen LogP contribution in [0.1, 0.15) is 21.5 Å². The lowest BCUT2D eigenvalue weighted by molar-refractivity contribution is -0.122. The summed E-state index contributed by atoms with van der Waals surface area (Å²) in [5, 5.41) is 7.00. The number of amides is 3. The van der Waals surface area contributed by atoms with Crippen LogP contribution < -0.4 is 5.32 Å². The first kappa shape index (κ1) is 22.8. The van der Waals surface area contributed by atoms with Gasteiger partial charge in [-0.15, -0.1) is 0 Å². The van der Waals surface area contributed by atoms with E-state index in [9.17, 15) is 18.8 Å². The number of nitrogens with zero attached hydrogens (tertiary/aromatic N) is 3. The van der Waals surface area contributed by atoms with Gasteiger partial charge in [-0.1, -0.05) is 48.0 Å². The number of imide groups is 1. The Morgan fingerprint density at radius 3 is 2.70 bits per heavy atom. The second-order valence-corrected chi connectivity index (χ2v) is 8.53. The second-order valence-electron chi connectivity index (χ2n) is 7.13. The van der Waals surface area contributed by atoms with E-state index in [4.69, 9.17) is 11.6 Å². The third-order valence-electron chi connectivity index (χ3n) is 4.87.